The fourth-order valence-corrected chi connectivity index (χ4v) is 8.94. The van der Waals surface area contributed by atoms with Crippen LogP contribution in [0.4, 0.5) is 0 Å². The van der Waals surface area contributed by atoms with E-state index in [-0.39, 0.29) is 0 Å². The van der Waals surface area contributed by atoms with Crippen LogP contribution in [0.15, 0.2) is 223 Å². The zero-order valence-corrected chi connectivity index (χ0v) is 33.5. The Labute approximate surface area is 357 Å². The second kappa shape index (κ2) is 14.7. The summed E-state index contributed by atoms with van der Waals surface area (Å²) in [6.45, 7) is 0. The highest BCUT2D eigenvalue weighted by Gasteiger charge is 2.21. The topological polar surface area (TPSA) is 56.7 Å². The summed E-state index contributed by atoms with van der Waals surface area (Å²) >= 11 is 0. The molecule has 5 nitrogen and oxygen atoms in total. The minimum Gasteiger partial charge on any atom is -0.456 e. The molecule has 0 radical (unpaired) electrons. The number of benzene rings is 9. The molecule has 290 valence electrons. The van der Waals surface area contributed by atoms with Crippen molar-refractivity contribution >= 4 is 43.7 Å². The molecule has 62 heavy (non-hydrogen) atoms. The van der Waals surface area contributed by atoms with Crippen LogP contribution in [-0.4, -0.2) is 19.5 Å². The van der Waals surface area contributed by atoms with Crippen molar-refractivity contribution in [2.75, 3.05) is 0 Å². The average molecular weight is 793 g/mol. The average Bonchev–Trinajstić information content (AvgIpc) is 3.91. The van der Waals surface area contributed by atoms with Crippen LogP contribution in [-0.2, 0) is 0 Å². The number of nitrogens with zero attached hydrogens (tertiary/aromatic N) is 4. The first-order chi connectivity index (χ1) is 30.7. The van der Waals surface area contributed by atoms with E-state index in [0.29, 0.717) is 17.5 Å². The summed E-state index contributed by atoms with van der Waals surface area (Å²) in [4.78, 5) is 15.4. The van der Waals surface area contributed by atoms with Crippen molar-refractivity contribution < 1.29 is 4.42 Å². The van der Waals surface area contributed by atoms with Crippen molar-refractivity contribution in [1.29, 1.82) is 0 Å². The molecule has 0 atom stereocenters. The second-order valence-electron chi connectivity index (χ2n) is 15.6. The molecule has 3 aromatic heterocycles. The molecule has 12 aromatic rings. The van der Waals surface area contributed by atoms with Gasteiger partial charge < -0.3 is 8.98 Å². The highest BCUT2D eigenvalue weighted by atomic mass is 16.3. The SMILES string of the molecule is c1ccc(-c2cccc(-c3nc(-c4ccc(-c5cccc6oc7ccc8c9ccccc9n(-c9ccccc9)c8c7c56)cc4)nc(-c4cccc(-c5ccccc5)c4)n3)c2)cc1. The molecule has 0 aliphatic rings. The molecule has 12 rings (SSSR count). The highest BCUT2D eigenvalue weighted by Crippen LogP contribution is 2.44. The first-order valence-electron chi connectivity index (χ1n) is 20.8. The van der Waals surface area contributed by atoms with E-state index in [0.717, 1.165) is 88.7 Å². The van der Waals surface area contributed by atoms with Crippen LogP contribution < -0.4 is 0 Å². The molecule has 0 spiro atoms. The Morgan fingerprint density at radius 3 is 1.47 bits per heavy atom. The van der Waals surface area contributed by atoms with Crippen LogP contribution >= 0.6 is 0 Å². The van der Waals surface area contributed by atoms with Gasteiger partial charge >= 0.3 is 0 Å². The Balaban J connectivity index is 1.01. The van der Waals surface area contributed by atoms with Crippen molar-refractivity contribution in [3.63, 3.8) is 0 Å². The third-order valence-corrected chi connectivity index (χ3v) is 11.9. The van der Waals surface area contributed by atoms with E-state index in [4.69, 9.17) is 19.4 Å². The minimum atomic E-state index is 0.604. The summed E-state index contributed by atoms with van der Waals surface area (Å²) in [6, 6.07) is 76.1. The van der Waals surface area contributed by atoms with Gasteiger partial charge in [0, 0.05) is 38.5 Å². The third-order valence-electron chi connectivity index (χ3n) is 11.9. The lowest BCUT2D eigenvalue weighted by molar-refractivity contribution is 0.669. The molecule has 0 fully saturated rings. The molecule has 0 saturated carbocycles. The summed E-state index contributed by atoms with van der Waals surface area (Å²) in [7, 11) is 0. The lowest BCUT2D eigenvalue weighted by Crippen LogP contribution is -2.00. The maximum atomic E-state index is 6.65. The van der Waals surface area contributed by atoms with Gasteiger partial charge in [-0.05, 0) is 81.9 Å². The van der Waals surface area contributed by atoms with E-state index < -0.39 is 0 Å². The molecule has 3 heterocycles. The van der Waals surface area contributed by atoms with Crippen molar-refractivity contribution in [3.8, 4) is 73.2 Å². The Bertz CT molecular complexity index is 3510. The van der Waals surface area contributed by atoms with Gasteiger partial charge in [-0.25, -0.2) is 15.0 Å². The Morgan fingerprint density at radius 2 is 0.823 bits per heavy atom. The van der Waals surface area contributed by atoms with Crippen LogP contribution in [0.5, 0.6) is 0 Å². The molecule has 0 N–H and O–H groups in total. The number of aromatic nitrogens is 4. The van der Waals surface area contributed by atoms with Gasteiger partial charge in [0.1, 0.15) is 11.2 Å². The summed E-state index contributed by atoms with van der Waals surface area (Å²) < 4.78 is 9.02. The predicted octanol–water partition coefficient (Wildman–Crippen LogP) is 14.9. The van der Waals surface area contributed by atoms with Crippen LogP contribution in [0.2, 0.25) is 0 Å². The molecule has 0 bridgehead atoms. The maximum absolute atomic E-state index is 6.65. The second-order valence-corrected chi connectivity index (χ2v) is 15.6. The molecular weight excluding hydrogens is 757 g/mol. The van der Waals surface area contributed by atoms with Crippen molar-refractivity contribution in [2.45, 2.75) is 0 Å². The van der Waals surface area contributed by atoms with E-state index >= 15 is 0 Å². The lowest BCUT2D eigenvalue weighted by Gasteiger charge is -2.11. The van der Waals surface area contributed by atoms with Crippen LogP contribution in [0, 0.1) is 0 Å². The molecule has 5 heteroatoms. The highest BCUT2D eigenvalue weighted by molar-refractivity contribution is 6.27. The maximum Gasteiger partial charge on any atom is 0.164 e. The molecule has 0 unspecified atom stereocenters. The molecule has 9 aromatic carbocycles. The van der Waals surface area contributed by atoms with Gasteiger partial charge in [-0.1, -0.05) is 170 Å². The molecule has 0 amide bonds. The van der Waals surface area contributed by atoms with Crippen LogP contribution in [0.25, 0.3) is 117 Å². The van der Waals surface area contributed by atoms with Crippen molar-refractivity contribution in [1.82, 2.24) is 19.5 Å². The van der Waals surface area contributed by atoms with Gasteiger partial charge in [-0.2, -0.15) is 0 Å². The smallest absolute Gasteiger partial charge is 0.164 e. The number of fused-ring (bicyclic) bond motifs is 7. The fraction of sp³-hybridized carbons (Fsp3) is 0. The first-order valence-corrected chi connectivity index (χ1v) is 20.8. The van der Waals surface area contributed by atoms with Crippen LogP contribution in [0.1, 0.15) is 0 Å². The standard InChI is InChI=1S/C57H36N4O/c1-4-15-37(16-5-1)41-19-12-21-43(35-41)56-58-55(59-57(60-56)44-22-13-20-42(36-44)38-17-6-2-7-18-38)40-31-29-39(30-32-40)46-26-14-28-50-52(46)53-51(62-50)34-33-48-47-25-10-11-27-49(47)61(54(48)53)45-23-8-3-9-24-45/h1-36H. The van der Waals surface area contributed by atoms with E-state index in [2.05, 4.69) is 211 Å². The molecular formula is C57H36N4O. The number of furan rings is 1. The third kappa shape index (κ3) is 6.06. The summed E-state index contributed by atoms with van der Waals surface area (Å²) in [5, 5.41) is 4.58. The van der Waals surface area contributed by atoms with E-state index in [9.17, 15) is 0 Å². The Morgan fingerprint density at radius 1 is 0.323 bits per heavy atom. The number of hydrogen-bond donors (Lipinski definition) is 0. The molecule has 0 aliphatic heterocycles. The van der Waals surface area contributed by atoms with Gasteiger partial charge in [0.2, 0.25) is 0 Å². The Hall–Kier alpha value is -8.41. The number of rotatable bonds is 7. The quantitative estimate of drug-likeness (QED) is 0.161. The normalized spacial score (nSPS) is 11.5. The van der Waals surface area contributed by atoms with Gasteiger partial charge in [-0.15, -0.1) is 0 Å². The molecule has 0 saturated heterocycles. The van der Waals surface area contributed by atoms with Gasteiger partial charge in [0.15, 0.2) is 17.5 Å². The fourth-order valence-electron chi connectivity index (χ4n) is 8.94. The van der Waals surface area contributed by atoms with E-state index in [1.165, 1.54) is 10.8 Å². The first kappa shape index (κ1) is 35.5. The van der Waals surface area contributed by atoms with E-state index in [1.807, 2.05) is 12.1 Å². The lowest BCUT2D eigenvalue weighted by atomic mass is 9.97. The number of hydrogen-bond acceptors (Lipinski definition) is 4. The zero-order chi connectivity index (χ0) is 41.0. The van der Waals surface area contributed by atoms with Crippen molar-refractivity contribution in [3.05, 3.63) is 218 Å². The zero-order valence-electron chi connectivity index (χ0n) is 33.5. The van der Waals surface area contributed by atoms with Gasteiger partial charge in [0.25, 0.3) is 0 Å². The Kier molecular flexibility index (Phi) is 8.42. The monoisotopic (exact) mass is 792 g/mol. The van der Waals surface area contributed by atoms with E-state index in [1.54, 1.807) is 0 Å². The summed E-state index contributed by atoms with van der Waals surface area (Å²) in [5.74, 6) is 1.83. The van der Waals surface area contributed by atoms with Crippen LogP contribution in [0.3, 0.4) is 0 Å². The van der Waals surface area contributed by atoms with Crippen molar-refractivity contribution in [2.24, 2.45) is 0 Å². The summed E-state index contributed by atoms with van der Waals surface area (Å²) in [5.41, 5.74) is 14.5. The molecule has 0 aliphatic carbocycles. The summed E-state index contributed by atoms with van der Waals surface area (Å²) in [6.07, 6.45) is 0. The number of para-hydroxylation sites is 2. The van der Waals surface area contributed by atoms with Gasteiger partial charge in [0.05, 0.1) is 16.4 Å². The largest absolute Gasteiger partial charge is 0.456 e. The predicted molar refractivity (Wildman–Crippen MR) is 254 cm³/mol. The minimum absolute atomic E-state index is 0.604. The van der Waals surface area contributed by atoms with Gasteiger partial charge in [-0.3, -0.25) is 0 Å².